The molecular formula is C32H31N3O6S. The maximum Gasteiger partial charge on any atom is 0.376 e. The summed E-state index contributed by atoms with van der Waals surface area (Å²) >= 11 is 1.32. The first-order valence-corrected chi connectivity index (χ1v) is 14.4. The van der Waals surface area contributed by atoms with Crippen LogP contribution in [0.15, 0.2) is 64.0 Å². The Hall–Kier alpha value is -4.17. The van der Waals surface area contributed by atoms with Crippen LogP contribution in [0, 0.1) is 25.2 Å². The van der Waals surface area contributed by atoms with Crippen molar-refractivity contribution < 1.29 is 28.2 Å². The van der Waals surface area contributed by atoms with E-state index in [9.17, 15) is 10.1 Å². The molecule has 216 valence electrons. The first-order chi connectivity index (χ1) is 20.2. The van der Waals surface area contributed by atoms with E-state index in [-0.39, 0.29) is 17.6 Å². The van der Waals surface area contributed by atoms with Crippen molar-refractivity contribution in [2.75, 3.05) is 20.3 Å². The molecule has 1 aliphatic rings. The number of aromatic nitrogens is 2. The van der Waals surface area contributed by atoms with Gasteiger partial charge in [-0.25, -0.2) is 14.8 Å². The van der Waals surface area contributed by atoms with Gasteiger partial charge in [-0.2, -0.15) is 5.26 Å². The first kappa shape index (κ1) is 29.3. The number of methoxy groups -OCH3 is 1. The quantitative estimate of drug-likeness (QED) is 0.159. The summed E-state index contributed by atoms with van der Waals surface area (Å²) in [6.45, 7) is 8.49. The minimum atomic E-state index is -0.618. The zero-order chi connectivity index (χ0) is 29.9. The number of aryl methyl sites for hydroxylation is 1. The summed E-state index contributed by atoms with van der Waals surface area (Å²) in [4.78, 5) is 21.8. The van der Waals surface area contributed by atoms with Gasteiger partial charge in [0.2, 0.25) is 11.7 Å². The van der Waals surface area contributed by atoms with Crippen LogP contribution in [0.3, 0.4) is 0 Å². The molecule has 0 amide bonds. The van der Waals surface area contributed by atoms with Gasteiger partial charge in [0, 0.05) is 22.6 Å². The lowest BCUT2D eigenvalue weighted by molar-refractivity contribution is -0.141. The maximum atomic E-state index is 12.5. The average Bonchev–Trinajstić information content (AvgIpc) is 3.59. The van der Waals surface area contributed by atoms with Gasteiger partial charge in [-0.15, -0.1) is 0 Å². The summed E-state index contributed by atoms with van der Waals surface area (Å²) in [5.41, 5.74) is 4.97. The molecular weight excluding hydrogens is 554 g/mol. The molecule has 5 rings (SSSR count). The fraction of sp³-hybridized carbons (Fsp3) is 0.312. The fourth-order valence-electron chi connectivity index (χ4n) is 4.63. The number of benzene rings is 2. The Kier molecular flexibility index (Phi) is 8.64. The maximum absolute atomic E-state index is 12.5. The van der Waals surface area contributed by atoms with Crippen LogP contribution in [-0.4, -0.2) is 48.2 Å². The number of nitriles is 1. The van der Waals surface area contributed by atoms with Gasteiger partial charge in [0.15, 0.2) is 5.79 Å². The van der Waals surface area contributed by atoms with E-state index in [1.165, 1.54) is 18.9 Å². The molecule has 2 aromatic heterocycles. The molecule has 0 radical (unpaired) electrons. The van der Waals surface area contributed by atoms with Crippen molar-refractivity contribution >= 4 is 17.7 Å². The van der Waals surface area contributed by atoms with Crippen LogP contribution in [0.1, 0.15) is 46.9 Å². The molecule has 42 heavy (non-hydrogen) atoms. The highest BCUT2D eigenvalue weighted by molar-refractivity contribution is 7.98. The number of pyridine rings is 1. The number of carbonyl (C=O) groups is 1. The molecule has 0 aliphatic carbocycles. The van der Waals surface area contributed by atoms with E-state index in [4.69, 9.17) is 28.3 Å². The van der Waals surface area contributed by atoms with E-state index in [0.29, 0.717) is 41.1 Å². The second kappa shape index (κ2) is 12.4. The van der Waals surface area contributed by atoms with E-state index < -0.39 is 11.8 Å². The number of hydrogen-bond acceptors (Lipinski definition) is 10. The van der Waals surface area contributed by atoms with Crippen molar-refractivity contribution in [2.45, 2.75) is 50.4 Å². The predicted octanol–water partition coefficient (Wildman–Crippen LogP) is 6.50. The van der Waals surface area contributed by atoms with Gasteiger partial charge in [0.05, 0.1) is 19.3 Å². The second-order valence-corrected chi connectivity index (χ2v) is 11.2. The Morgan fingerprint density at radius 2 is 1.83 bits per heavy atom. The Bertz CT molecular complexity index is 1630. The number of hydrogen-bond donors (Lipinski definition) is 0. The number of esters is 1. The topological polar surface area (TPSA) is 117 Å². The standard InChI is InChI=1S/C32H31N3O6S/c1-19-20(2)34-30(42-18-26-28(31(36)37-5)40-29(35-26)22-9-7-6-8-10-22)25(15-33)27(19)21-11-13-23(14-12-21)38-16-24-17-39-32(3,4)41-24/h6-14,24H,16-18H2,1-5H3/t24-/m1/s1. The first-order valence-electron chi connectivity index (χ1n) is 13.4. The van der Waals surface area contributed by atoms with Gasteiger partial charge in [-0.1, -0.05) is 42.1 Å². The molecule has 1 fully saturated rings. The Balaban J connectivity index is 1.39. The highest BCUT2D eigenvalue weighted by Gasteiger charge is 2.33. The van der Waals surface area contributed by atoms with Crippen molar-refractivity contribution in [3.63, 3.8) is 0 Å². The number of rotatable bonds is 9. The van der Waals surface area contributed by atoms with E-state index in [0.717, 1.165) is 27.9 Å². The van der Waals surface area contributed by atoms with Gasteiger partial charge in [0.1, 0.15) is 35.2 Å². The number of nitrogens with zero attached hydrogens (tertiary/aromatic N) is 3. The highest BCUT2D eigenvalue weighted by atomic mass is 32.2. The SMILES string of the molecule is COC(=O)c1oc(-c2ccccc2)nc1CSc1nc(C)c(C)c(-c2ccc(OC[C@@H]3COC(C)(C)O3)cc2)c1C#N. The largest absolute Gasteiger partial charge is 0.491 e. The second-order valence-electron chi connectivity index (χ2n) is 10.2. The lowest BCUT2D eigenvalue weighted by atomic mass is 9.96. The molecule has 0 N–H and O–H groups in total. The number of thioether (sulfide) groups is 1. The third kappa shape index (κ3) is 6.34. The van der Waals surface area contributed by atoms with Crippen molar-refractivity contribution in [3.05, 3.63) is 82.9 Å². The smallest absolute Gasteiger partial charge is 0.376 e. The van der Waals surface area contributed by atoms with Crippen LogP contribution in [0.25, 0.3) is 22.6 Å². The molecule has 2 aromatic carbocycles. The zero-order valence-electron chi connectivity index (χ0n) is 24.1. The van der Waals surface area contributed by atoms with E-state index in [2.05, 4.69) is 11.1 Å². The van der Waals surface area contributed by atoms with Crippen LogP contribution >= 0.6 is 11.8 Å². The van der Waals surface area contributed by atoms with Crippen LogP contribution in [-0.2, 0) is 20.0 Å². The third-order valence-corrected chi connectivity index (χ3v) is 7.83. The van der Waals surface area contributed by atoms with Crippen LogP contribution < -0.4 is 4.74 Å². The Morgan fingerprint density at radius 1 is 1.10 bits per heavy atom. The van der Waals surface area contributed by atoms with Gasteiger partial charge < -0.3 is 23.4 Å². The summed E-state index contributed by atoms with van der Waals surface area (Å²) < 4.78 is 28.1. The summed E-state index contributed by atoms with van der Waals surface area (Å²) in [7, 11) is 1.29. The van der Waals surface area contributed by atoms with Gasteiger partial charge in [0.25, 0.3) is 0 Å². The molecule has 4 aromatic rings. The molecule has 0 unspecified atom stereocenters. The lowest BCUT2D eigenvalue weighted by Gasteiger charge is -2.17. The molecule has 1 atom stereocenters. The molecule has 1 saturated heterocycles. The van der Waals surface area contributed by atoms with Gasteiger partial charge in [-0.3, -0.25) is 0 Å². The predicted molar refractivity (Wildman–Crippen MR) is 157 cm³/mol. The van der Waals surface area contributed by atoms with Crippen molar-refractivity contribution in [2.24, 2.45) is 0 Å². The molecule has 0 spiro atoms. The van der Waals surface area contributed by atoms with Crippen molar-refractivity contribution in [3.8, 4) is 34.4 Å². The monoisotopic (exact) mass is 585 g/mol. The van der Waals surface area contributed by atoms with Crippen LogP contribution in [0.5, 0.6) is 5.75 Å². The molecule has 0 saturated carbocycles. The minimum Gasteiger partial charge on any atom is -0.491 e. The lowest BCUT2D eigenvalue weighted by Crippen LogP contribution is -2.25. The number of carbonyl (C=O) groups excluding carboxylic acids is 1. The van der Waals surface area contributed by atoms with Crippen LogP contribution in [0.2, 0.25) is 0 Å². The summed E-state index contributed by atoms with van der Waals surface area (Å²) in [5, 5.41) is 10.8. The number of oxazole rings is 1. The zero-order valence-corrected chi connectivity index (χ0v) is 24.9. The minimum absolute atomic E-state index is 0.0279. The normalized spacial score (nSPS) is 15.8. The van der Waals surface area contributed by atoms with Crippen molar-refractivity contribution in [1.29, 1.82) is 5.26 Å². The highest BCUT2D eigenvalue weighted by Crippen LogP contribution is 2.37. The molecule has 0 bridgehead atoms. The van der Waals surface area contributed by atoms with E-state index >= 15 is 0 Å². The summed E-state index contributed by atoms with van der Waals surface area (Å²) in [6.07, 6.45) is -0.136. The Labute approximate surface area is 248 Å². The molecule has 10 heteroatoms. The molecule has 9 nitrogen and oxygen atoms in total. The van der Waals surface area contributed by atoms with Gasteiger partial charge in [-0.05, 0) is 63.1 Å². The fourth-order valence-corrected chi connectivity index (χ4v) is 5.59. The van der Waals surface area contributed by atoms with Crippen molar-refractivity contribution in [1.82, 2.24) is 9.97 Å². The van der Waals surface area contributed by atoms with E-state index in [1.807, 2.05) is 82.3 Å². The third-order valence-electron chi connectivity index (χ3n) is 6.84. The van der Waals surface area contributed by atoms with Gasteiger partial charge >= 0.3 is 5.97 Å². The summed E-state index contributed by atoms with van der Waals surface area (Å²) in [5.74, 6) is 0.0725. The average molecular weight is 586 g/mol. The van der Waals surface area contributed by atoms with E-state index in [1.54, 1.807) is 0 Å². The Morgan fingerprint density at radius 3 is 2.48 bits per heavy atom. The van der Waals surface area contributed by atoms with Crippen LogP contribution in [0.4, 0.5) is 0 Å². The molecule has 1 aliphatic heterocycles. The summed E-state index contributed by atoms with van der Waals surface area (Å²) in [6, 6.07) is 19.3. The number of ether oxygens (including phenoxy) is 4. The molecule has 3 heterocycles.